The summed E-state index contributed by atoms with van der Waals surface area (Å²) in [5, 5.41) is 10.1. The van der Waals surface area contributed by atoms with Gasteiger partial charge in [0.05, 0.1) is 6.10 Å². The van der Waals surface area contributed by atoms with Crippen molar-refractivity contribution in [2.24, 2.45) is 11.6 Å². The lowest BCUT2D eigenvalue weighted by atomic mass is 9.78. The molecule has 1 aromatic rings. The Kier molecular flexibility index (Phi) is 2.86. The second-order valence-corrected chi connectivity index (χ2v) is 3.61. The van der Waals surface area contributed by atoms with E-state index >= 15 is 0 Å². The minimum Gasteiger partial charge on any atom is -0.423 e. The zero-order valence-corrected chi connectivity index (χ0v) is 8.57. The molecule has 0 radical (unpaired) electrons. The molecule has 15 heavy (non-hydrogen) atoms. The average Bonchev–Trinajstić information content (AvgIpc) is 2.58. The summed E-state index contributed by atoms with van der Waals surface area (Å²) in [7, 11) is -1.09. The molecule has 5 N–H and O–H groups in total. The summed E-state index contributed by atoms with van der Waals surface area (Å²) in [5.41, 5.74) is 6.61. The van der Waals surface area contributed by atoms with Crippen LogP contribution in [0, 0.1) is 0 Å². The molecule has 0 amide bonds. The van der Waals surface area contributed by atoms with Crippen LogP contribution in [0.2, 0.25) is 5.02 Å². The molecule has 0 aromatic heterocycles. The highest BCUT2D eigenvalue weighted by atomic mass is 35.5. The molecule has 2 rings (SSSR count). The highest BCUT2D eigenvalue weighted by Crippen LogP contribution is 2.32. The van der Waals surface area contributed by atoms with E-state index in [1.807, 2.05) is 0 Å². The van der Waals surface area contributed by atoms with Gasteiger partial charge in [-0.05, 0) is 12.1 Å². The lowest BCUT2D eigenvalue weighted by molar-refractivity contribution is 0.198. The standard InChI is InChI=1S/C8H10BClN2O3/c10-4-1-2-5(15-12)8-7(4)6(3-11)14-9(8)13/h1-2,6,13H,3,11-12H2. The monoisotopic (exact) mass is 228 g/mol. The predicted octanol–water partition coefficient (Wildman–Crippen LogP) is -0.690. The highest BCUT2D eigenvalue weighted by molar-refractivity contribution is 6.63. The van der Waals surface area contributed by atoms with E-state index < -0.39 is 13.2 Å². The molecule has 0 saturated carbocycles. The number of hydrogen-bond acceptors (Lipinski definition) is 5. The van der Waals surface area contributed by atoms with Gasteiger partial charge in [-0.1, -0.05) is 11.6 Å². The lowest BCUT2D eigenvalue weighted by Gasteiger charge is -2.10. The van der Waals surface area contributed by atoms with Crippen LogP contribution in [0.4, 0.5) is 0 Å². The minimum absolute atomic E-state index is 0.234. The Morgan fingerprint density at radius 2 is 2.33 bits per heavy atom. The fourth-order valence-electron chi connectivity index (χ4n) is 1.74. The number of halogens is 1. The number of nitrogens with two attached hydrogens (primary N) is 2. The van der Waals surface area contributed by atoms with Crippen molar-refractivity contribution < 1.29 is 14.5 Å². The average molecular weight is 228 g/mol. The fraction of sp³-hybridized carbons (Fsp3) is 0.250. The fourth-order valence-corrected chi connectivity index (χ4v) is 2.03. The van der Waals surface area contributed by atoms with Gasteiger partial charge in [0.2, 0.25) is 0 Å². The summed E-state index contributed by atoms with van der Waals surface area (Å²) in [6.45, 7) is 0.234. The van der Waals surface area contributed by atoms with Crippen LogP contribution in [0.15, 0.2) is 12.1 Å². The molecule has 1 atom stereocenters. The van der Waals surface area contributed by atoms with Crippen LogP contribution in [0.5, 0.6) is 5.75 Å². The maximum atomic E-state index is 9.65. The molecule has 0 aliphatic carbocycles. The number of fused-ring (bicyclic) bond motifs is 1. The van der Waals surface area contributed by atoms with Crippen LogP contribution in [-0.4, -0.2) is 18.7 Å². The third-order valence-corrected chi connectivity index (χ3v) is 2.73. The molecule has 1 aromatic carbocycles. The Balaban J connectivity index is 2.59. The third kappa shape index (κ3) is 1.60. The number of rotatable bonds is 2. The van der Waals surface area contributed by atoms with Crippen LogP contribution in [0.25, 0.3) is 0 Å². The van der Waals surface area contributed by atoms with Gasteiger partial charge in [-0.3, -0.25) is 0 Å². The minimum atomic E-state index is -1.09. The van der Waals surface area contributed by atoms with Gasteiger partial charge in [0.15, 0.2) is 0 Å². The van der Waals surface area contributed by atoms with Crippen molar-refractivity contribution in [2.45, 2.75) is 6.10 Å². The molecule has 0 bridgehead atoms. The summed E-state index contributed by atoms with van der Waals surface area (Å²) in [6, 6.07) is 3.21. The van der Waals surface area contributed by atoms with E-state index in [0.29, 0.717) is 21.8 Å². The third-order valence-electron chi connectivity index (χ3n) is 2.40. The zero-order chi connectivity index (χ0) is 11.0. The molecule has 7 heteroatoms. The molecular weight excluding hydrogens is 218 g/mol. The topological polar surface area (TPSA) is 90.7 Å². The van der Waals surface area contributed by atoms with Crippen molar-refractivity contribution in [1.82, 2.24) is 0 Å². The zero-order valence-electron chi connectivity index (χ0n) is 7.81. The molecule has 0 saturated heterocycles. The van der Waals surface area contributed by atoms with Crippen LogP contribution in [0.1, 0.15) is 11.7 Å². The lowest BCUT2D eigenvalue weighted by Crippen LogP contribution is -2.31. The molecule has 1 unspecified atom stereocenters. The number of hydrogen-bond donors (Lipinski definition) is 3. The maximum absolute atomic E-state index is 9.65. The highest BCUT2D eigenvalue weighted by Gasteiger charge is 2.39. The van der Waals surface area contributed by atoms with Crippen LogP contribution >= 0.6 is 11.6 Å². The van der Waals surface area contributed by atoms with E-state index in [9.17, 15) is 5.02 Å². The van der Waals surface area contributed by atoms with Crippen molar-refractivity contribution in [2.75, 3.05) is 6.54 Å². The van der Waals surface area contributed by atoms with Gasteiger partial charge in [-0.15, -0.1) is 0 Å². The van der Waals surface area contributed by atoms with Crippen LogP contribution in [0.3, 0.4) is 0 Å². The van der Waals surface area contributed by atoms with E-state index in [1.165, 1.54) is 0 Å². The van der Waals surface area contributed by atoms with Gasteiger partial charge in [0, 0.05) is 22.6 Å². The Labute approximate surface area is 92.0 Å². The summed E-state index contributed by atoms with van der Waals surface area (Å²) >= 11 is 5.99. The Morgan fingerprint density at radius 1 is 1.60 bits per heavy atom. The molecule has 5 nitrogen and oxygen atoms in total. The number of benzene rings is 1. The molecular formula is C8H10BClN2O3. The van der Waals surface area contributed by atoms with Crippen molar-refractivity contribution in [3.8, 4) is 5.75 Å². The first-order chi connectivity index (χ1) is 7.19. The Bertz CT molecular complexity index is 390. The molecule has 1 aliphatic rings. The van der Waals surface area contributed by atoms with E-state index in [-0.39, 0.29) is 6.54 Å². The van der Waals surface area contributed by atoms with Gasteiger partial charge in [-0.25, -0.2) is 0 Å². The normalized spacial score (nSPS) is 19.2. The second-order valence-electron chi connectivity index (χ2n) is 3.20. The van der Waals surface area contributed by atoms with Gasteiger partial charge >= 0.3 is 7.12 Å². The van der Waals surface area contributed by atoms with Crippen molar-refractivity contribution in [3.05, 3.63) is 22.7 Å². The van der Waals surface area contributed by atoms with Gasteiger partial charge < -0.3 is 20.2 Å². The Hall–Kier alpha value is -0.785. The summed E-state index contributed by atoms with van der Waals surface area (Å²) < 4.78 is 5.21. The van der Waals surface area contributed by atoms with Crippen molar-refractivity contribution in [1.29, 1.82) is 0 Å². The van der Waals surface area contributed by atoms with Gasteiger partial charge in [0.25, 0.3) is 0 Å². The first-order valence-electron chi connectivity index (χ1n) is 4.41. The molecule has 80 valence electrons. The quantitative estimate of drug-likeness (QED) is 0.460. The van der Waals surface area contributed by atoms with E-state index in [2.05, 4.69) is 4.84 Å². The molecule has 0 spiro atoms. The maximum Gasteiger partial charge on any atom is 0.496 e. The SMILES string of the molecule is NCC1OB(O)c2c(ON)ccc(Cl)c21. The van der Waals surface area contributed by atoms with E-state index in [1.54, 1.807) is 12.1 Å². The first-order valence-corrected chi connectivity index (χ1v) is 4.79. The van der Waals surface area contributed by atoms with Gasteiger partial charge in [0.1, 0.15) is 5.75 Å². The second kappa shape index (κ2) is 4.00. The van der Waals surface area contributed by atoms with Gasteiger partial charge in [-0.2, -0.15) is 5.90 Å². The smallest absolute Gasteiger partial charge is 0.423 e. The summed E-state index contributed by atoms with van der Waals surface area (Å²) in [6.07, 6.45) is -0.419. The molecule has 0 fully saturated rings. The summed E-state index contributed by atoms with van der Waals surface area (Å²) in [5.74, 6) is 5.43. The predicted molar refractivity (Wildman–Crippen MR) is 56.8 cm³/mol. The van der Waals surface area contributed by atoms with E-state index in [4.69, 9.17) is 27.9 Å². The Morgan fingerprint density at radius 3 is 2.93 bits per heavy atom. The molecule has 1 aliphatic heterocycles. The summed E-state index contributed by atoms with van der Waals surface area (Å²) in [4.78, 5) is 4.64. The van der Waals surface area contributed by atoms with Crippen LogP contribution < -0.4 is 21.9 Å². The van der Waals surface area contributed by atoms with Crippen LogP contribution in [-0.2, 0) is 4.65 Å². The van der Waals surface area contributed by atoms with Crippen molar-refractivity contribution in [3.63, 3.8) is 0 Å². The van der Waals surface area contributed by atoms with E-state index in [0.717, 1.165) is 0 Å². The first kappa shape index (κ1) is 10.7. The van der Waals surface area contributed by atoms with Crippen molar-refractivity contribution >= 4 is 24.2 Å². The largest absolute Gasteiger partial charge is 0.496 e. The molecule has 1 heterocycles.